The minimum Gasteiger partial charge on any atom is -0.454 e. The van der Waals surface area contributed by atoms with Gasteiger partial charge in [0.2, 0.25) is 5.69 Å². The van der Waals surface area contributed by atoms with Crippen LogP contribution < -0.4 is 4.57 Å². The third-order valence-electron chi connectivity index (χ3n) is 6.68. The first-order chi connectivity index (χ1) is 20.0. The molecule has 0 saturated carbocycles. The van der Waals surface area contributed by atoms with Gasteiger partial charge in [-0.3, -0.25) is 0 Å². The molecular formula is C33H24FN2O+. The number of aryl methyl sites for hydroxylation is 1. The Morgan fingerprint density at radius 2 is 1.62 bits per heavy atom. The molecule has 4 aromatic carbocycles. The van der Waals surface area contributed by atoms with E-state index in [1.54, 1.807) is 25.1 Å². The summed E-state index contributed by atoms with van der Waals surface area (Å²) in [5.41, 5.74) is 5.22. The van der Waals surface area contributed by atoms with Gasteiger partial charge in [-0.05, 0) is 48.2 Å². The fourth-order valence-corrected chi connectivity index (χ4v) is 4.84. The number of aromatic nitrogens is 1. The molecule has 6 rings (SSSR count). The summed E-state index contributed by atoms with van der Waals surface area (Å²) in [4.78, 5) is 0. The number of pyridine rings is 1. The van der Waals surface area contributed by atoms with E-state index < -0.39 is 30.4 Å². The molecule has 0 radical (unpaired) electrons. The minimum atomic E-state index is -2.90. The van der Waals surface area contributed by atoms with Gasteiger partial charge in [0.05, 0.1) is 18.6 Å². The zero-order chi connectivity index (χ0) is 29.9. The summed E-state index contributed by atoms with van der Waals surface area (Å²) in [7, 11) is 1.44. The van der Waals surface area contributed by atoms with Gasteiger partial charge < -0.3 is 4.42 Å². The Labute approximate surface area is 221 Å². The van der Waals surface area contributed by atoms with Crippen molar-refractivity contribution in [2.45, 2.75) is 13.8 Å². The van der Waals surface area contributed by atoms with Crippen LogP contribution in [0.1, 0.15) is 23.5 Å². The number of hydrogen-bond acceptors (Lipinski definition) is 2. The van der Waals surface area contributed by atoms with Crippen LogP contribution >= 0.6 is 0 Å². The molecule has 0 atom stereocenters. The van der Waals surface area contributed by atoms with E-state index in [0.29, 0.717) is 44.2 Å². The molecule has 4 heteroatoms. The zero-order valence-electron chi connectivity index (χ0n) is 25.2. The Bertz CT molecular complexity index is 2050. The maximum Gasteiger partial charge on any atom is 0.219 e. The van der Waals surface area contributed by atoms with E-state index in [2.05, 4.69) is 6.07 Å². The predicted molar refractivity (Wildman–Crippen MR) is 145 cm³/mol. The van der Waals surface area contributed by atoms with Crippen LogP contribution in [0.3, 0.4) is 0 Å². The lowest BCUT2D eigenvalue weighted by atomic mass is 9.96. The minimum absolute atomic E-state index is 0.0296. The van der Waals surface area contributed by atoms with Crippen molar-refractivity contribution in [1.82, 2.24) is 0 Å². The van der Waals surface area contributed by atoms with Gasteiger partial charge in [0.1, 0.15) is 25.4 Å². The normalized spacial score (nSPS) is 13.5. The Kier molecular flexibility index (Phi) is 4.16. The Morgan fingerprint density at radius 3 is 2.35 bits per heavy atom. The molecule has 6 aromatic rings. The Hall–Kier alpha value is -4.75. The van der Waals surface area contributed by atoms with Gasteiger partial charge in [-0.1, -0.05) is 66.7 Å². The van der Waals surface area contributed by atoms with Crippen LogP contribution in [0.2, 0.25) is 0 Å². The van der Waals surface area contributed by atoms with Gasteiger partial charge in [0.25, 0.3) is 0 Å². The van der Waals surface area contributed by atoms with E-state index in [0.717, 1.165) is 16.7 Å². The van der Waals surface area contributed by atoms with Crippen molar-refractivity contribution in [1.29, 1.82) is 5.26 Å². The first kappa shape index (κ1) is 17.6. The SMILES string of the molecule is [2H]c1c(F)c(C([2H])([2H])[2H])c([2H])[n+](C)c1-c1c(C)ccc2c1oc1c(-c3ccc(-c4ccccc4)cc3)cc(C#N)cc12. The lowest BCUT2D eigenvalue weighted by Gasteiger charge is -2.07. The highest BCUT2D eigenvalue weighted by Crippen LogP contribution is 2.41. The molecule has 2 heterocycles. The molecule has 0 aliphatic rings. The van der Waals surface area contributed by atoms with E-state index in [-0.39, 0.29) is 5.69 Å². The molecule has 0 N–H and O–H groups in total. The van der Waals surface area contributed by atoms with Crippen LogP contribution in [0, 0.1) is 30.9 Å². The monoisotopic (exact) mass is 488 g/mol. The zero-order valence-corrected chi connectivity index (χ0v) is 20.2. The lowest BCUT2D eigenvalue weighted by Crippen LogP contribution is -2.31. The summed E-state index contributed by atoms with van der Waals surface area (Å²) in [6.07, 6.45) is -0.544. The van der Waals surface area contributed by atoms with Crippen molar-refractivity contribution in [3.05, 3.63) is 114 Å². The van der Waals surface area contributed by atoms with Crippen molar-refractivity contribution in [2.24, 2.45) is 7.05 Å². The van der Waals surface area contributed by atoms with Crippen molar-refractivity contribution in [3.63, 3.8) is 0 Å². The van der Waals surface area contributed by atoms with Crippen molar-refractivity contribution in [2.75, 3.05) is 0 Å². The second kappa shape index (κ2) is 8.72. The van der Waals surface area contributed by atoms with Crippen molar-refractivity contribution >= 4 is 21.9 Å². The molecule has 0 bridgehead atoms. The van der Waals surface area contributed by atoms with Gasteiger partial charge in [-0.2, -0.15) is 5.26 Å². The molecular weight excluding hydrogens is 459 g/mol. The molecule has 0 saturated heterocycles. The molecule has 178 valence electrons. The first-order valence-corrected chi connectivity index (χ1v) is 11.8. The van der Waals surface area contributed by atoms with Crippen LogP contribution in [-0.4, -0.2) is 0 Å². The van der Waals surface area contributed by atoms with Crippen LogP contribution in [0.5, 0.6) is 0 Å². The molecule has 0 aliphatic heterocycles. The van der Waals surface area contributed by atoms with Crippen molar-refractivity contribution in [3.8, 4) is 39.6 Å². The standard InChI is InChI=1S/C33H24FN2O/c1-20-9-14-26-28-16-22(18-35)15-27(25-12-10-24(11-13-25)23-7-5-4-6-8-23)32(28)37-33(26)31(20)30-17-29(34)21(2)19-36(30)3/h4-17,19H,1-3H3/q+1/i2D3,17D,19D. The summed E-state index contributed by atoms with van der Waals surface area (Å²) >= 11 is 0. The van der Waals surface area contributed by atoms with Gasteiger partial charge in [-0.15, -0.1) is 0 Å². The molecule has 0 spiro atoms. The van der Waals surface area contributed by atoms with E-state index in [1.807, 2.05) is 60.7 Å². The quantitative estimate of drug-likeness (QED) is 0.237. The number of benzene rings is 4. The van der Waals surface area contributed by atoms with E-state index in [4.69, 9.17) is 11.3 Å². The topological polar surface area (TPSA) is 40.8 Å². The third kappa shape index (κ3) is 3.77. The Morgan fingerprint density at radius 1 is 0.892 bits per heavy atom. The summed E-state index contributed by atoms with van der Waals surface area (Å²) < 4.78 is 63.3. The Balaban J connectivity index is 1.63. The molecule has 0 unspecified atom stereocenters. The molecule has 2 aromatic heterocycles. The molecule has 0 aliphatic carbocycles. The second-order valence-electron chi connectivity index (χ2n) is 9.03. The van der Waals surface area contributed by atoms with Crippen LogP contribution in [0.25, 0.3) is 55.4 Å². The first-order valence-electron chi connectivity index (χ1n) is 14.3. The average Bonchev–Trinajstić information content (AvgIpc) is 3.35. The fraction of sp³-hybridized carbons (Fsp3) is 0.0909. The van der Waals surface area contributed by atoms with Gasteiger partial charge in [0, 0.05) is 32.1 Å². The number of nitriles is 1. The summed E-state index contributed by atoms with van der Waals surface area (Å²) in [6, 6.07) is 26.7. The maximum atomic E-state index is 15.4. The van der Waals surface area contributed by atoms with E-state index in [9.17, 15) is 5.26 Å². The van der Waals surface area contributed by atoms with Crippen molar-refractivity contribution < 1.29 is 20.2 Å². The average molecular weight is 489 g/mol. The van der Waals surface area contributed by atoms with E-state index in [1.165, 1.54) is 11.6 Å². The van der Waals surface area contributed by atoms with Gasteiger partial charge >= 0.3 is 0 Å². The largest absolute Gasteiger partial charge is 0.454 e. The number of fused-ring (bicyclic) bond motifs is 3. The van der Waals surface area contributed by atoms with Crippen LogP contribution in [-0.2, 0) is 7.05 Å². The number of halogens is 1. The molecule has 3 nitrogen and oxygen atoms in total. The summed E-state index contributed by atoms with van der Waals surface area (Å²) in [5.74, 6) is -1.26. The van der Waals surface area contributed by atoms with E-state index >= 15 is 4.39 Å². The highest BCUT2D eigenvalue weighted by Gasteiger charge is 2.23. The molecule has 0 fully saturated rings. The van der Waals surface area contributed by atoms with Crippen LogP contribution in [0.15, 0.2) is 95.5 Å². The number of rotatable bonds is 3. The fourth-order valence-electron chi connectivity index (χ4n) is 4.84. The van der Waals surface area contributed by atoms with Crippen LogP contribution in [0.4, 0.5) is 4.39 Å². The second-order valence-corrected chi connectivity index (χ2v) is 9.03. The highest BCUT2D eigenvalue weighted by atomic mass is 19.1. The highest BCUT2D eigenvalue weighted by molar-refractivity contribution is 6.13. The smallest absolute Gasteiger partial charge is 0.219 e. The number of hydrogen-bond donors (Lipinski definition) is 0. The predicted octanol–water partition coefficient (Wildman–Crippen LogP) is 8.04. The lowest BCUT2D eigenvalue weighted by molar-refractivity contribution is -0.661. The molecule has 37 heavy (non-hydrogen) atoms. The number of nitrogens with zero attached hydrogens (tertiary/aromatic N) is 2. The van der Waals surface area contributed by atoms with Gasteiger partial charge in [0.15, 0.2) is 6.17 Å². The number of furan rings is 1. The molecule has 0 amide bonds. The van der Waals surface area contributed by atoms with Gasteiger partial charge in [-0.25, -0.2) is 8.96 Å². The maximum absolute atomic E-state index is 15.4. The summed E-state index contributed by atoms with van der Waals surface area (Å²) in [5, 5.41) is 11.2. The summed E-state index contributed by atoms with van der Waals surface area (Å²) in [6.45, 7) is -1.11. The third-order valence-corrected chi connectivity index (χ3v) is 6.68.